The van der Waals surface area contributed by atoms with Crippen LogP contribution in [0, 0.1) is 0 Å². The van der Waals surface area contributed by atoms with Gasteiger partial charge in [0.2, 0.25) is 0 Å². The van der Waals surface area contributed by atoms with Gasteiger partial charge in [-0.05, 0) is 0 Å². The van der Waals surface area contributed by atoms with E-state index in [1.165, 1.54) is 0 Å². The van der Waals surface area contributed by atoms with Crippen molar-refractivity contribution < 1.29 is 42.7 Å². The second kappa shape index (κ2) is 14.9. The van der Waals surface area contributed by atoms with E-state index in [2.05, 4.69) is 24.9 Å². The number of carboxylic acid groups (broad SMARTS) is 1. The molecule has 3 aromatic heterocycles. The molecule has 0 aliphatic rings. The van der Waals surface area contributed by atoms with Gasteiger partial charge in [-0.15, -0.1) is 0 Å². The molecular formula is C11H16CoN6O6+2. The number of carbonyl (C=O) groups is 1. The van der Waals surface area contributed by atoms with E-state index in [9.17, 15) is 19.8 Å². The summed E-state index contributed by atoms with van der Waals surface area (Å²) < 4.78 is 0. The summed E-state index contributed by atoms with van der Waals surface area (Å²) in [6.45, 7) is 0. The topological polar surface area (TPSA) is 232 Å². The number of aromatic nitrogens is 6. The van der Waals surface area contributed by atoms with Gasteiger partial charge < -0.3 is 40.9 Å². The Kier molecular flexibility index (Phi) is 16.1. The number of nitrogens with zero attached hydrogens (tertiary/aromatic N) is 3. The first-order chi connectivity index (χ1) is 10.1. The molecule has 0 aromatic carbocycles. The van der Waals surface area contributed by atoms with Gasteiger partial charge in [-0.2, -0.15) is 0 Å². The molecule has 0 bridgehead atoms. The Labute approximate surface area is 144 Å². The predicted molar refractivity (Wildman–Crippen MR) is 75.6 cm³/mol. The SMILES string of the molecule is O=C([O-])c1cc(=O)[nH]c([O-])n1.[Co+2].[OH3+].[OH3+].c1c[nH]cn1.c1c[nH]cn1. The van der Waals surface area contributed by atoms with Crippen molar-refractivity contribution in [2.24, 2.45) is 0 Å². The van der Waals surface area contributed by atoms with Crippen LogP contribution in [0.3, 0.4) is 0 Å². The van der Waals surface area contributed by atoms with E-state index in [0.29, 0.717) is 6.07 Å². The monoisotopic (exact) mass is 387 g/mol. The molecule has 0 unspecified atom stereocenters. The van der Waals surface area contributed by atoms with Gasteiger partial charge in [0.05, 0.1) is 30.3 Å². The van der Waals surface area contributed by atoms with Crippen LogP contribution in [0.1, 0.15) is 10.5 Å². The number of hydrogen-bond donors (Lipinski definition) is 3. The number of carboxylic acids is 1. The molecule has 0 amide bonds. The first-order valence-electron chi connectivity index (χ1n) is 5.45. The summed E-state index contributed by atoms with van der Waals surface area (Å²) >= 11 is 0. The molecule has 0 saturated carbocycles. The maximum absolute atomic E-state index is 10.4. The first kappa shape index (κ1) is 25.9. The third-order valence-electron chi connectivity index (χ3n) is 1.74. The number of aromatic carboxylic acids is 1. The summed E-state index contributed by atoms with van der Waals surface area (Å²) in [5.41, 5.74) is -1.46. The van der Waals surface area contributed by atoms with Gasteiger partial charge in [0.25, 0.3) is 5.56 Å². The van der Waals surface area contributed by atoms with Crippen LogP contribution in [-0.4, -0.2) is 35.9 Å². The van der Waals surface area contributed by atoms with Gasteiger partial charge >= 0.3 is 16.8 Å². The zero-order valence-electron chi connectivity index (χ0n) is 12.0. The zero-order valence-corrected chi connectivity index (χ0v) is 13.0. The van der Waals surface area contributed by atoms with Crippen LogP contribution in [-0.2, 0) is 27.7 Å². The third-order valence-corrected chi connectivity index (χ3v) is 1.74. The number of H-pyrrole nitrogens is 3. The third kappa shape index (κ3) is 11.6. The first-order valence-corrected chi connectivity index (χ1v) is 5.45. The van der Waals surface area contributed by atoms with E-state index < -0.39 is 23.2 Å². The average molecular weight is 387 g/mol. The molecule has 13 heteroatoms. The van der Waals surface area contributed by atoms with Gasteiger partial charge in [0.1, 0.15) is 0 Å². The van der Waals surface area contributed by atoms with Crippen molar-refractivity contribution in [2.45, 2.75) is 0 Å². The molecule has 0 saturated heterocycles. The number of imidazole rings is 2. The predicted octanol–water partition coefficient (Wildman–Crippen LogP) is -3.82. The second-order valence-electron chi connectivity index (χ2n) is 3.24. The Morgan fingerprint density at radius 1 is 1.04 bits per heavy atom. The van der Waals surface area contributed by atoms with Gasteiger partial charge in [-0.25, -0.2) is 15.0 Å². The van der Waals surface area contributed by atoms with Crippen LogP contribution >= 0.6 is 0 Å². The van der Waals surface area contributed by atoms with E-state index in [1.807, 2.05) is 0 Å². The normalized spacial score (nSPS) is 7.67. The van der Waals surface area contributed by atoms with Crippen LogP contribution in [0.25, 0.3) is 0 Å². The Morgan fingerprint density at radius 2 is 1.54 bits per heavy atom. The number of nitrogens with one attached hydrogen (secondary N) is 3. The minimum atomic E-state index is -1.65. The molecule has 24 heavy (non-hydrogen) atoms. The molecule has 133 valence electrons. The summed E-state index contributed by atoms with van der Waals surface area (Å²) in [5.74, 6) is -1.65. The van der Waals surface area contributed by atoms with Gasteiger partial charge in [0, 0.05) is 30.9 Å². The van der Waals surface area contributed by atoms with Crippen molar-refractivity contribution in [2.75, 3.05) is 0 Å². The second-order valence-corrected chi connectivity index (χ2v) is 3.24. The number of rotatable bonds is 1. The maximum atomic E-state index is 10.4. The van der Waals surface area contributed by atoms with Gasteiger partial charge in [-0.3, -0.25) is 4.79 Å². The molecule has 3 rings (SSSR count). The minimum absolute atomic E-state index is 0. The van der Waals surface area contributed by atoms with Crippen molar-refractivity contribution in [3.8, 4) is 6.01 Å². The summed E-state index contributed by atoms with van der Waals surface area (Å²) in [6.07, 6.45) is 10.2. The molecule has 1 radical (unpaired) electrons. The molecule has 0 fully saturated rings. The average Bonchev–Trinajstić information content (AvgIpc) is 3.16. The summed E-state index contributed by atoms with van der Waals surface area (Å²) in [6, 6.07) is -0.312. The Balaban J connectivity index is -0.000000288. The molecule has 0 aliphatic heterocycles. The summed E-state index contributed by atoms with van der Waals surface area (Å²) in [5, 5.41) is 20.4. The molecule has 12 nitrogen and oxygen atoms in total. The fourth-order valence-electron chi connectivity index (χ4n) is 0.970. The molecule has 0 aliphatic carbocycles. The fourth-order valence-corrected chi connectivity index (χ4v) is 0.970. The Morgan fingerprint density at radius 3 is 1.79 bits per heavy atom. The van der Waals surface area contributed by atoms with Crippen molar-refractivity contribution in [1.29, 1.82) is 0 Å². The van der Waals surface area contributed by atoms with Crippen molar-refractivity contribution >= 4 is 5.97 Å². The Hall–Kier alpha value is -3.00. The number of hydrogen-bond acceptors (Lipinski definition) is 7. The summed E-state index contributed by atoms with van der Waals surface area (Å²) in [7, 11) is 0. The standard InChI is InChI=1S/C5H4N2O4.2C3H4N2.Co.2H2O/c8-3-1-2(4(9)10)6-5(11)7-3;2*1-2-5-3-4-1;;;/h1H,(H,9,10)(H2,6,7,8,11);2*1-3H,(H,4,5);;2*1H2/q;;;+2;;. The van der Waals surface area contributed by atoms with Gasteiger partial charge in [-0.1, -0.05) is 0 Å². The van der Waals surface area contributed by atoms with Crippen LogP contribution in [0.15, 0.2) is 48.3 Å². The summed E-state index contributed by atoms with van der Waals surface area (Å²) in [4.78, 5) is 38.0. The molecule has 9 N–H and O–H groups in total. The number of aromatic amines is 3. The molecule has 0 atom stereocenters. The zero-order chi connectivity index (χ0) is 15.5. The van der Waals surface area contributed by atoms with E-state index in [0.717, 1.165) is 0 Å². The molecular weight excluding hydrogens is 371 g/mol. The van der Waals surface area contributed by atoms with Crippen LogP contribution in [0.2, 0.25) is 0 Å². The van der Waals surface area contributed by atoms with Crippen molar-refractivity contribution in [3.05, 3.63) is 59.6 Å². The van der Waals surface area contributed by atoms with Gasteiger partial charge in [0.15, 0.2) is 0 Å². The smallest absolute Gasteiger partial charge is 0.846 e. The molecule has 3 aromatic rings. The van der Waals surface area contributed by atoms with Crippen LogP contribution < -0.4 is 15.8 Å². The van der Waals surface area contributed by atoms with Crippen molar-refractivity contribution in [1.82, 2.24) is 29.9 Å². The molecule has 3 heterocycles. The van der Waals surface area contributed by atoms with E-state index in [4.69, 9.17) is 0 Å². The largest absolute Gasteiger partial charge is 2.00 e. The number of carbonyl (C=O) groups excluding carboxylic acids is 1. The van der Waals surface area contributed by atoms with Crippen LogP contribution in [0.4, 0.5) is 0 Å². The quantitative estimate of drug-likeness (QED) is 0.351. The van der Waals surface area contributed by atoms with E-state index in [-0.39, 0.29) is 27.7 Å². The van der Waals surface area contributed by atoms with Crippen LogP contribution in [0.5, 0.6) is 6.01 Å². The van der Waals surface area contributed by atoms with E-state index >= 15 is 0 Å². The minimum Gasteiger partial charge on any atom is -0.846 e. The van der Waals surface area contributed by atoms with Crippen molar-refractivity contribution in [3.63, 3.8) is 0 Å². The Bertz CT molecular complexity index is 627. The molecule has 0 spiro atoms. The fraction of sp³-hybridized carbons (Fsp3) is 0. The maximum Gasteiger partial charge on any atom is 2.00 e. The van der Waals surface area contributed by atoms with E-state index in [1.54, 1.807) is 42.4 Å².